The molecule has 0 aromatic heterocycles. The van der Waals surface area contributed by atoms with E-state index in [0.29, 0.717) is 74.4 Å². The number of urea groups is 1. The second-order valence-electron chi connectivity index (χ2n) is 12.4. The van der Waals surface area contributed by atoms with Crippen molar-refractivity contribution in [1.29, 1.82) is 0 Å². The molecule has 5 amide bonds. The van der Waals surface area contributed by atoms with Gasteiger partial charge in [0.2, 0.25) is 5.91 Å². The molecule has 3 aliphatic rings. The number of methoxy groups -OCH3 is 1. The molecule has 42 heavy (non-hydrogen) atoms. The topological polar surface area (TPSA) is 118 Å². The highest BCUT2D eigenvalue weighted by molar-refractivity contribution is 6.34. The van der Waals surface area contributed by atoms with Crippen molar-refractivity contribution in [3.8, 4) is 0 Å². The van der Waals surface area contributed by atoms with Gasteiger partial charge in [0.15, 0.2) is 0 Å². The van der Waals surface area contributed by atoms with E-state index < -0.39 is 17.2 Å². The lowest BCUT2D eigenvalue weighted by atomic mass is 9.91. The number of hydrogen-bond acceptors (Lipinski definition) is 7. The van der Waals surface area contributed by atoms with Gasteiger partial charge in [-0.3, -0.25) is 19.8 Å². The predicted octanol–water partition coefficient (Wildman–Crippen LogP) is 4.46. The molecule has 3 aliphatic heterocycles. The third-order valence-electron chi connectivity index (χ3n) is 8.23. The number of anilines is 1. The van der Waals surface area contributed by atoms with Gasteiger partial charge < -0.3 is 24.0 Å². The molecule has 0 radical (unpaired) electrons. The molecule has 0 atom stereocenters. The van der Waals surface area contributed by atoms with Crippen LogP contribution in [0.2, 0.25) is 5.02 Å². The van der Waals surface area contributed by atoms with E-state index >= 15 is 0 Å². The van der Waals surface area contributed by atoms with Crippen LogP contribution < -0.4 is 10.2 Å². The molecule has 4 rings (SSSR count). The van der Waals surface area contributed by atoms with Crippen molar-refractivity contribution in [3.63, 3.8) is 0 Å². The smallest absolute Gasteiger partial charge is 0.410 e. The Morgan fingerprint density at radius 1 is 1.05 bits per heavy atom. The molecule has 1 aromatic carbocycles. The predicted molar refractivity (Wildman–Crippen MR) is 158 cm³/mol. The normalized spacial score (nSPS) is 20.0. The van der Waals surface area contributed by atoms with E-state index in [-0.39, 0.29) is 30.9 Å². The molecule has 1 aromatic rings. The van der Waals surface area contributed by atoms with Crippen LogP contribution in [0.4, 0.5) is 15.3 Å². The van der Waals surface area contributed by atoms with E-state index in [1.54, 1.807) is 30.2 Å². The molecule has 0 aliphatic carbocycles. The van der Waals surface area contributed by atoms with Crippen LogP contribution in [0.25, 0.3) is 0 Å². The zero-order chi connectivity index (χ0) is 30.5. The number of amides is 5. The fraction of sp³-hybridized carbons (Fsp3) is 0.667. The first-order valence-corrected chi connectivity index (χ1v) is 15.1. The molecule has 12 heteroatoms. The summed E-state index contributed by atoms with van der Waals surface area (Å²) in [6.07, 6.45) is 3.93. The summed E-state index contributed by atoms with van der Waals surface area (Å²) in [6, 6.07) is 4.38. The SMILES string of the molecule is COC1(COCCC2CCN(C(=O)c3ccc(Cl)c(N4CCC(=O)NC4=O)c3)CC2)CCN(C(=O)OC(C)(C)C)CC1. The van der Waals surface area contributed by atoms with Gasteiger partial charge in [-0.2, -0.15) is 0 Å². The number of hydrogen-bond donors (Lipinski definition) is 1. The number of imide groups is 1. The van der Waals surface area contributed by atoms with Crippen molar-refractivity contribution in [2.24, 2.45) is 5.92 Å². The molecule has 1 N–H and O–H groups in total. The van der Waals surface area contributed by atoms with E-state index in [2.05, 4.69) is 5.32 Å². The van der Waals surface area contributed by atoms with Crippen LogP contribution >= 0.6 is 11.6 Å². The molecule has 0 spiro atoms. The van der Waals surface area contributed by atoms with Crippen LogP contribution in [0.15, 0.2) is 18.2 Å². The number of likely N-dealkylation sites (tertiary alicyclic amines) is 2. The first-order valence-electron chi connectivity index (χ1n) is 14.7. The van der Waals surface area contributed by atoms with Gasteiger partial charge in [0, 0.05) is 58.4 Å². The zero-order valence-electron chi connectivity index (χ0n) is 25.1. The summed E-state index contributed by atoms with van der Waals surface area (Å²) in [7, 11) is 1.70. The molecule has 232 valence electrons. The summed E-state index contributed by atoms with van der Waals surface area (Å²) in [5.74, 6) is 0.0273. The highest BCUT2D eigenvalue weighted by Crippen LogP contribution is 2.31. The Morgan fingerprint density at radius 3 is 2.36 bits per heavy atom. The molecule has 3 saturated heterocycles. The van der Waals surface area contributed by atoms with E-state index in [0.717, 1.165) is 19.3 Å². The summed E-state index contributed by atoms with van der Waals surface area (Å²) in [4.78, 5) is 54.4. The van der Waals surface area contributed by atoms with Crippen LogP contribution in [0.5, 0.6) is 0 Å². The first kappa shape index (κ1) is 32.0. The molecule has 11 nitrogen and oxygen atoms in total. The molecule has 3 fully saturated rings. The summed E-state index contributed by atoms with van der Waals surface area (Å²) < 4.78 is 17.4. The van der Waals surface area contributed by atoms with Gasteiger partial charge >= 0.3 is 12.1 Å². The minimum absolute atomic E-state index is 0.101. The number of nitrogens with zero attached hydrogens (tertiary/aromatic N) is 3. The van der Waals surface area contributed by atoms with Crippen LogP contribution in [0.3, 0.4) is 0 Å². The van der Waals surface area contributed by atoms with Gasteiger partial charge in [0.05, 0.1) is 22.9 Å². The van der Waals surface area contributed by atoms with Crippen LogP contribution in [-0.4, -0.2) is 98.0 Å². The highest BCUT2D eigenvalue weighted by atomic mass is 35.5. The maximum Gasteiger partial charge on any atom is 0.410 e. The molecular formula is C30H43ClN4O7. The van der Waals surface area contributed by atoms with Crippen LogP contribution in [0.1, 0.15) is 69.7 Å². The Kier molecular flexibility index (Phi) is 10.4. The number of nitrogens with one attached hydrogen (secondary N) is 1. The monoisotopic (exact) mass is 606 g/mol. The molecule has 0 unspecified atom stereocenters. The van der Waals surface area contributed by atoms with Crippen molar-refractivity contribution in [2.75, 3.05) is 57.9 Å². The lowest BCUT2D eigenvalue weighted by Crippen LogP contribution is -2.51. The summed E-state index contributed by atoms with van der Waals surface area (Å²) in [6.45, 7) is 9.31. The second kappa shape index (κ2) is 13.6. The van der Waals surface area contributed by atoms with Gasteiger partial charge in [0.1, 0.15) is 5.60 Å². The maximum atomic E-state index is 13.3. The van der Waals surface area contributed by atoms with E-state index in [4.69, 9.17) is 25.8 Å². The Hall–Kier alpha value is -2.89. The summed E-state index contributed by atoms with van der Waals surface area (Å²) >= 11 is 6.34. The maximum absolute atomic E-state index is 13.3. The fourth-order valence-corrected chi connectivity index (χ4v) is 5.81. The average Bonchev–Trinajstić information content (AvgIpc) is 2.95. The van der Waals surface area contributed by atoms with E-state index in [1.165, 1.54) is 4.90 Å². The van der Waals surface area contributed by atoms with Crippen molar-refractivity contribution < 1.29 is 33.4 Å². The Balaban J connectivity index is 1.20. The standard InChI is InChI=1S/C30H43ClN4O7/c1-29(2,3)42-28(39)34-16-11-30(40-4,12-17-34)20-41-18-10-21-7-13-33(14-8-21)26(37)22-5-6-23(31)24(19-22)35-15-9-25(36)32-27(35)38/h5-6,19,21H,7-18,20H2,1-4H3,(H,32,36,38). The number of carbonyl (C=O) groups is 4. The summed E-state index contributed by atoms with van der Waals surface area (Å²) in [5.41, 5.74) is -0.0438. The third kappa shape index (κ3) is 8.14. The number of ether oxygens (including phenoxy) is 3. The number of rotatable bonds is 8. The van der Waals surface area contributed by atoms with Gasteiger partial charge in [-0.05, 0) is 77.0 Å². The number of halogens is 1. The molecule has 3 heterocycles. The van der Waals surface area contributed by atoms with E-state index in [1.807, 2.05) is 25.7 Å². The van der Waals surface area contributed by atoms with Gasteiger partial charge in [-0.25, -0.2) is 9.59 Å². The fourth-order valence-electron chi connectivity index (χ4n) is 5.59. The lowest BCUT2D eigenvalue weighted by molar-refractivity contribution is -0.120. The zero-order valence-corrected chi connectivity index (χ0v) is 25.8. The molecule has 0 bridgehead atoms. The van der Waals surface area contributed by atoms with Crippen LogP contribution in [0, 0.1) is 5.92 Å². The minimum Gasteiger partial charge on any atom is -0.444 e. The Bertz CT molecular complexity index is 1150. The largest absolute Gasteiger partial charge is 0.444 e. The quantitative estimate of drug-likeness (QED) is 0.434. The second-order valence-corrected chi connectivity index (χ2v) is 12.8. The summed E-state index contributed by atoms with van der Waals surface area (Å²) in [5, 5.41) is 2.63. The first-order chi connectivity index (χ1) is 19.9. The Labute approximate surface area is 252 Å². The van der Waals surface area contributed by atoms with Crippen molar-refractivity contribution in [2.45, 2.75) is 70.5 Å². The van der Waals surface area contributed by atoms with Crippen LogP contribution in [-0.2, 0) is 19.0 Å². The number of benzene rings is 1. The van der Waals surface area contributed by atoms with Crippen molar-refractivity contribution in [1.82, 2.24) is 15.1 Å². The average molecular weight is 607 g/mol. The van der Waals surface area contributed by atoms with E-state index in [9.17, 15) is 19.2 Å². The molecule has 0 saturated carbocycles. The number of piperidine rings is 2. The van der Waals surface area contributed by atoms with Crippen molar-refractivity contribution >= 4 is 41.2 Å². The lowest BCUT2D eigenvalue weighted by Gasteiger charge is -2.40. The van der Waals surface area contributed by atoms with Gasteiger partial charge in [-0.15, -0.1) is 0 Å². The van der Waals surface area contributed by atoms with Gasteiger partial charge in [0.25, 0.3) is 5.91 Å². The molecular weight excluding hydrogens is 564 g/mol. The number of carbonyl (C=O) groups excluding carboxylic acids is 4. The van der Waals surface area contributed by atoms with Gasteiger partial charge in [-0.1, -0.05) is 11.6 Å². The minimum atomic E-state index is -0.538. The third-order valence-corrected chi connectivity index (χ3v) is 8.55. The van der Waals surface area contributed by atoms with Crippen molar-refractivity contribution in [3.05, 3.63) is 28.8 Å². The highest BCUT2D eigenvalue weighted by Gasteiger charge is 2.38. The Morgan fingerprint density at radius 2 is 1.74 bits per heavy atom.